The van der Waals surface area contributed by atoms with Gasteiger partial charge in [-0.1, -0.05) is 18.2 Å². The molecule has 0 unspecified atom stereocenters. The zero-order chi connectivity index (χ0) is 17.5. The lowest BCUT2D eigenvalue weighted by Gasteiger charge is -2.15. The standard InChI is InChI=1S/C19H17F3N2/c1-12-4-9-17(14(3)13(12)2)24-11-10-23-18(24)15-5-7-16(8-6-15)19(20,21)22/h4-11H,1-3H3. The molecule has 0 aliphatic carbocycles. The number of benzene rings is 2. The maximum Gasteiger partial charge on any atom is 0.416 e. The molecule has 3 rings (SSSR count). The van der Waals surface area contributed by atoms with E-state index in [9.17, 15) is 13.2 Å². The molecule has 0 fully saturated rings. The molecule has 0 bridgehead atoms. The van der Waals surface area contributed by atoms with Gasteiger partial charge in [0.2, 0.25) is 0 Å². The first-order chi connectivity index (χ1) is 11.3. The lowest BCUT2D eigenvalue weighted by Crippen LogP contribution is -2.05. The van der Waals surface area contributed by atoms with Crippen LogP contribution in [0.2, 0.25) is 0 Å². The monoisotopic (exact) mass is 330 g/mol. The van der Waals surface area contributed by atoms with Gasteiger partial charge in [-0.05, 0) is 55.7 Å². The summed E-state index contributed by atoms with van der Waals surface area (Å²) < 4.78 is 40.1. The normalized spacial score (nSPS) is 11.8. The average Bonchev–Trinajstić information content (AvgIpc) is 3.01. The van der Waals surface area contributed by atoms with Crippen molar-refractivity contribution in [1.82, 2.24) is 9.55 Å². The van der Waals surface area contributed by atoms with E-state index < -0.39 is 11.7 Å². The highest BCUT2D eigenvalue weighted by atomic mass is 19.4. The first-order valence-corrected chi connectivity index (χ1v) is 7.57. The van der Waals surface area contributed by atoms with Gasteiger partial charge in [-0.2, -0.15) is 13.2 Å². The summed E-state index contributed by atoms with van der Waals surface area (Å²) in [7, 11) is 0. The topological polar surface area (TPSA) is 17.8 Å². The summed E-state index contributed by atoms with van der Waals surface area (Å²) >= 11 is 0. The largest absolute Gasteiger partial charge is 0.416 e. The molecule has 0 N–H and O–H groups in total. The molecule has 0 saturated carbocycles. The van der Waals surface area contributed by atoms with Crippen LogP contribution in [0.1, 0.15) is 22.3 Å². The Morgan fingerprint density at radius 3 is 2.17 bits per heavy atom. The lowest BCUT2D eigenvalue weighted by atomic mass is 10.0. The van der Waals surface area contributed by atoms with Gasteiger partial charge in [0.15, 0.2) is 0 Å². The van der Waals surface area contributed by atoms with Crippen LogP contribution in [0.25, 0.3) is 17.1 Å². The number of aromatic nitrogens is 2. The van der Waals surface area contributed by atoms with Crippen LogP contribution in [0, 0.1) is 20.8 Å². The predicted molar refractivity (Wildman–Crippen MR) is 88.2 cm³/mol. The molecule has 124 valence electrons. The van der Waals surface area contributed by atoms with Gasteiger partial charge >= 0.3 is 6.18 Å². The van der Waals surface area contributed by atoms with Gasteiger partial charge in [0, 0.05) is 18.0 Å². The molecule has 0 spiro atoms. The van der Waals surface area contributed by atoms with E-state index in [1.165, 1.54) is 23.3 Å². The van der Waals surface area contributed by atoms with Gasteiger partial charge in [0.05, 0.1) is 11.3 Å². The van der Waals surface area contributed by atoms with Crippen molar-refractivity contribution in [3.8, 4) is 17.1 Å². The first-order valence-electron chi connectivity index (χ1n) is 7.57. The Morgan fingerprint density at radius 2 is 1.54 bits per heavy atom. The predicted octanol–water partition coefficient (Wildman–Crippen LogP) is 5.48. The van der Waals surface area contributed by atoms with Crippen LogP contribution in [0.4, 0.5) is 13.2 Å². The Morgan fingerprint density at radius 1 is 0.875 bits per heavy atom. The second-order valence-corrected chi connectivity index (χ2v) is 5.85. The second kappa shape index (κ2) is 5.82. The molecule has 0 atom stereocenters. The molecule has 0 aliphatic heterocycles. The lowest BCUT2D eigenvalue weighted by molar-refractivity contribution is -0.137. The summed E-state index contributed by atoms with van der Waals surface area (Å²) in [5, 5.41) is 0. The minimum Gasteiger partial charge on any atom is -0.300 e. The van der Waals surface area contributed by atoms with Crippen molar-refractivity contribution >= 4 is 0 Å². The molecule has 0 aliphatic rings. The molecule has 24 heavy (non-hydrogen) atoms. The van der Waals surface area contributed by atoms with Crippen molar-refractivity contribution < 1.29 is 13.2 Å². The third kappa shape index (κ3) is 2.82. The number of alkyl halides is 3. The Labute approximate surface area is 138 Å². The van der Waals surface area contributed by atoms with Crippen LogP contribution < -0.4 is 0 Å². The van der Waals surface area contributed by atoms with Gasteiger partial charge < -0.3 is 0 Å². The van der Waals surface area contributed by atoms with Gasteiger partial charge in [-0.3, -0.25) is 4.57 Å². The molecule has 5 heteroatoms. The van der Waals surface area contributed by atoms with E-state index in [0.717, 1.165) is 23.4 Å². The Hall–Kier alpha value is -2.56. The summed E-state index contributed by atoms with van der Waals surface area (Å²) in [6.45, 7) is 6.15. The van der Waals surface area contributed by atoms with Gasteiger partial charge in [0.25, 0.3) is 0 Å². The van der Waals surface area contributed by atoms with Gasteiger partial charge in [-0.15, -0.1) is 0 Å². The van der Waals surface area contributed by atoms with Crippen LogP contribution in [0.3, 0.4) is 0 Å². The van der Waals surface area contributed by atoms with E-state index in [4.69, 9.17) is 0 Å². The number of hydrogen-bond acceptors (Lipinski definition) is 1. The summed E-state index contributed by atoms with van der Waals surface area (Å²) in [6, 6.07) is 9.13. The smallest absolute Gasteiger partial charge is 0.300 e. The minimum absolute atomic E-state index is 0.620. The van der Waals surface area contributed by atoms with Crippen molar-refractivity contribution in [2.45, 2.75) is 26.9 Å². The highest BCUT2D eigenvalue weighted by Gasteiger charge is 2.30. The molecule has 0 amide bonds. The second-order valence-electron chi connectivity index (χ2n) is 5.85. The number of halogens is 3. The molecular formula is C19H17F3N2. The molecule has 1 aromatic heterocycles. The van der Waals surface area contributed by atoms with Crippen LogP contribution in [0.15, 0.2) is 48.8 Å². The van der Waals surface area contributed by atoms with Crippen molar-refractivity contribution in [3.63, 3.8) is 0 Å². The summed E-state index contributed by atoms with van der Waals surface area (Å²) in [4.78, 5) is 4.33. The quantitative estimate of drug-likeness (QED) is 0.608. The molecule has 2 nitrogen and oxygen atoms in total. The first kappa shape index (κ1) is 16.3. The molecule has 0 saturated heterocycles. The van der Waals surface area contributed by atoms with Crippen LogP contribution in [0.5, 0.6) is 0 Å². The van der Waals surface area contributed by atoms with E-state index in [1.54, 1.807) is 6.20 Å². The average molecular weight is 330 g/mol. The van der Waals surface area contributed by atoms with Crippen LogP contribution >= 0.6 is 0 Å². The van der Waals surface area contributed by atoms with Gasteiger partial charge in [-0.25, -0.2) is 4.98 Å². The number of imidazole rings is 1. The third-order valence-electron chi connectivity index (χ3n) is 4.40. The van der Waals surface area contributed by atoms with Gasteiger partial charge in [0.1, 0.15) is 5.82 Å². The highest BCUT2D eigenvalue weighted by molar-refractivity contribution is 5.61. The zero-order valence-corrected chi connectivity index (χ0v) is 13.6. The fourth-order valence-electron chi connectivity index (χ4n) is 2.72. The summed E-state index contributed by atoms with van der Waals surface area (Å²) in [6.07, 6.45) is -0.857. The molecule has 0 radical (unpaired) electrons. The third-order valence-corrected chi connectivity index (χ3v) is 4.40. The van der Waals surface area contributed by atoms with E-state index >= 15 is 0 Å². The fraction of sp³-hybridized carbons (Fsp3) is 0.211. The Kier molecular flexibility index (Phi) is 3.95. The molecular weight excluding hydrogens is 313 g/mol. The summed E-state index contributed by atoms with van der Waals surface area (Å²) in [5.74, 6) is 0.620. The van der Waals surface area contributed by atoms with Crippen molar-refractivity contribution in [1.29, 1.82) is 0 Å². The fourth-order valence-corrected chi connectivity index (χ4v) is 2.72. The van der Waals surface area contributed by atoms with Crippen LogP contribution in [-0.4, -0.2) is 9.55 Å². The van der Waals surface area contributed by atoms with E-state index in [1.807, 2.05) is 29.8 Å². The number of aryl methyl sites for hydroxylation is 1. The SMILES string of the molecule is Cc1ccc(-n2ccnc2-c2ccc(C(F)(F)F)cc2)c(C)c1C. The maximum atomic E-state index is 12.7. The molecule has 3 aromatic rings. The number of nitrogens with zero attached hydrogens (tertiary/aromatic N) is 2. The molecule has 2 aromatic carbocycles. The summed E-state index contributed by atoms with van der Waals surface area (Å²) in [5.41, 5.74) is 4.48. The minimum atomic E-state index is -4.33. The van der Waals surface area contributed by atoms with Crippen LogP contribution in [-0.2, 0) is 6.18 Å². The zero-order valence-electron chi connectivity index (χ0n) is 13.6. The van der Waals surface area contributed by atoms with Crippen molar-refractivity contribution in [2.24, 2.45) is 0 Å². The van der Waals surface area contributed by atoms with E-state index in [0.29, 0.717) is 11.4 Å². The van der Waals surface area contributed by atoms with Crippen molar-refractivity contribution in [3.05, 3.63) is 71.0 Å². The number of rotatable bonds is 2. The number of hydrogen-bond donors (Lipinski definition) is 0. The van der Waals surface area contributed by atoms with Crippen molar-refractivity contribution in [2.75, 3.05) is 0 Å². The highest BCUT2D eigenvalue weighted by Crippen LogP contribution is 2.31. The maximum absolute atomic E-state index is 12.7. The molecule has 1 heterocycles. The van der Waals surface area contributed by atoms with E-state index in [2.05, 4.69) is 18.8 Å². The Bertz CT molecular complexity index is 875. The Balaban J connectivity index is 2.07. The van der Waals surface area contributed by atoms with E-state index in [-0.39, 0.29) is 0 Å².